The van der Waals surface area contributed by atoms with E-state index in [0.717, 1.165) is 0 Å². The molecule has 2 nitrogen and oxygen atoms in total. The number of halogens is 1. The van der Waals surface area contributed by atoms with Crippen LogP contribution < -0.4 is 4.90 Å². The van der Waals surface area contributed by atoms with Gasteiger partial charge >= 0.3 is 0 Å². The maximum Gasteiger partial charge on any atom is 0.0399 e. The van der Waals surface area contributed by atoms with E-state index in [4.69, 9.17) is 0 Å². The molecule has 0 aromatic carbocycles. The lowest BCUT2D eigenvalue weighted by molar-refractivity contribution is 0.485. The summed E-state index contributed by atoms with van der Waals surface area (Å²) >= 11 is 0. The van der Waals surface area contributed by atoms with Crippen molar-refractivity contribution in [3.63, 3.8) is 0 Å². The molecule has 0 N–H and O–H groups in total. The first-order chi connectivity index (χ1) is 6.38. The van der Waals surface area contributed by atoms with Crippen LogP contribution in [0.5, 0.6) is 0 Å². The predicted molar refractivity (Wildman–Crippen MR) is 62.1 cm³/mol. The SMILES string of the molecule is CC1CCCCN1c1ccncc1.Cl. The van der Waals surface area contributed by atoms with Gasteiger partial charge in [0.15, 0.2) is 0 Å². The summed E-state index contributed by atoms with van der Waals surface area (Å²) in [7, 11) is 0. The second kappa shape index (κ2) is 5.20. The third-order valence-corrected chi connectivity index (χ3v) is 2.80. The largest absolute Gasteiger partial charge is 0.369 e. The van der Waals surface area contributed by atoms with Crippen molar-refractivity contribution >= 4 is 18.1 Å². The van der Waals surface area contributed by atoms with Gasteiger partial charge in [-0.3, -0.25) is 4.98 Å². The van der Waals surface area contributed by atoms with Crippen molar-refractivity contribution in [1.29, 1.82) is 0 Å². The van der Waals surface area contributed by atoms with Gasteiger partial charge in [-0.05, 0) is 38.3 Å². The molecule has 0 bridgehead atoms. The van der Waals surface area contributed by atoms with Gasteiger partial charge in [-0.1, -0.05) is 0 Å². The van der Waals surface area contributed by atoms with Crippen molar-refractivity contribution in [2.75, 3.05) is 11.4 Å². The number of hydrogen-bond donors (Lipinski definition) is 0. The summed E-state index contributed by atoms with van der Waals surface area (Å²) in [5, 5.41) is 0. The highest BCUT2D eigenvalue weighted by Gasteiger charge is 2.17. The van der Waals surface area contributed by atoms with Crippen molar-refractivity contribution in [1.82, 2.24) is 4.98 Å². The van der Waals surface area contributed by atoms with Crippen LogP contribution in [-0.4, -0.2) is 17.6 Å². The molecular weight excluding hydrogens is 196 g/mol. The van der Waals surface area contributed by atoms with E-state index in [-0.39, 0.29) is 12.4 Å². The third-order valence-electron chi connectivity index (χ3n) is 2.80. The highest BCUT2D eigenvalue weighted by atomic mass is 35.5. The van der Waals surface area contributed by atoms with E-state index in [2.05, 4.69) is 28.9 Å². The van der Waals surface area contributed by atoms with E-state index in [1.807, 2.05) is 12.4 Å². The predicted octanol–water partition coefficient (Wildman–Crippen LogP) is 2.88. The summed E-state index contributed by atoms with van der Waals surface area (Å²) < 4.78 is 0. The number of rotatable bonds is 1. The van der Waals surface area contributed by atoms with Crippen LogP contribution in [-0.2, 0) is 0 Å². The van der Waals surface area contributed by atoms with E-state index >= 15 is 0 Å². The van der Waals surface area contributed by atoms with Crippen molar-refractivity contribution < 1.29 is 0 Å². The van der Waals surface area contributed by atoms with Crippen LogP contribution in [0.1, 0.15) is 26.2 Å². The maximum atomic E-state index is 4.04. The summed E-state index contributed by atoms with van der Waals surface area (Å²) in [5.74, 6) is 0. The summed E-state index contributed by atoms with van der Waals surface area (Å²) in [6, 6.07) is 4.89. The molecule has 1 aromatic heterocycles. The summed E-state index contributed by atoms with van der Waals surface area (Å²) in [5.41, 5.74) is 1.32. The second-order valence-electron chi connectivity index (χ2n) is 3.74. The molecule has 0 amide bonds. The Morgan fingerprint density at radius 2 is 2.00 bits per heavy atom. The lowest BCUT2D eigenvalue weighted by Crippen LogP contribution is -2.37. The van der Waals surface area contributed by atoms with Crippen molar-refractivity contribution in [2.45, 2.75) is 32.2 Å². The zero-order chi connectivity index (χ0) is 9.10. The molecule has 1 saturated heterocycles. The van der Waals surface area contributed by atoms with Gasteiger partial charge in [0.1, 0.15) is 0 Å². The van der Waals surface area contributed by atoms with Gasteiger partial charge in [-0.25, -0.2) is 0 Å². The first-order valence-electron chi connectivity index (χ1n) is 5.04. The third kappa shape index (κ3) is 2.38. The Kier molecular flexibility index (Phi) is 4.21. The normalized spacial score (nSPS) is 21.5. The van der Waals surface area contributed by atoms with E-state index in [1.165, 1.54) is 31.5 Å². The van der Waals surface area contributed by atoms with E-state index in [0.29, 0.717) is 6.04 Å². The highest BCUT2D eigenvalue weighted by Crippen LogP contribution is 2.23. The molecule has 1 aliphatic rings. The Hall–Kier alpha value is -0.760. The molecule has 0 saturated carbocycles. The topological polar surface area (TPSA) is 16.1 Å². The molecule has 1 aliphatic heterocycles. The van der Waals surface area contributed by atoms with Gasteiger partial charge in [-0.2, -0.15) is 0 Å². The van der Waals surface area contributed by atoms with Crippen molar-refractivity contribution in [3.05, 3.63) is 24.5 Å². The molecule has 1 aromatic rings. The first-order valence-corrected chi connectivity index (χ1v) is 5.04. The van der Waals surface area contributed by atoms with Crippen LogP contribution in [0.25, 0.3) is 0 Å². The average molecular weight is 213 g/mol. The lowest BCUT2D eigenvalue weighted by atomic mass is 10.0. The van der Waals surface area contributed by atoms with Gasteiger partial charge in [0.2, 0.25) is 0 Å². The molecule has 2 rings (SSSR count). The fourth-order valence-corrected chi connectivity index (χ4v) is 2.02. The first kappa shape index (κ1) is 11.3. The fraction of sp³-hybridized carbons (Fsp3) is 0.545. The number of hydrogen-bond acceptors (Lipinski definition) is 2. The monoisotopic (exact) mass is 212 g/mol. The quantitative estimate of drug-likeness (QED) is 0.712. The summed E-state index contributed by atoms with van der Waals surface area (Å²) in [6.07, 6.45) is 7.77. The van der Waals surface area contributed by atoms with Gasteiger partial charge in [0.05, 0.1) is 0 Å². The average Bonchev–Trinajstić information content (AvgIpc) is 2.20. The minimum Gasteiger partial charge on any atom is -0.369 e. The number of anilines is 1. The molecule has 0 radical (unpaired) electrons. The van der Waals surface area contributed by atoms with E-state index in [9.17, 15) is 0 Å². The van der Waals surface area contributed by atoms with E-state index < -0.39 is 0 Å². The van der Waals surface area contributed by atoms with Crippen molar-refractivity contribution in [3.8, 4) is 0 Å². The van der Waals surface area contributed by atoms with Crippen LogP contribution >= 0.6 is 12.4 Å². The molecule has 0 aliphatic carbocycles. The Labute approximate surface area is 91.7 Å². The standard InChI is InChI=1S/C11H16N2.ClH/c1-10-4-2-3-9-13(10)11-5-7-12-8-6-11;/h5-8,10H,2-4,9H2,1H3;1H. The number of aromatic nitrogens is 1. The number of piperidine rings is 1. The van der Waals surface area contributed by atoms with Gasteiger partial charge in [-0.15, -0.1) is 12.4 Å². The van der Waals surface area contributed by atoms with Crippen LogP contribution in [0.4, 0.5) is 5.69 Å². The van der Waals surface area contributed by atoms with Gasteiger partial charge in [0, 0.05) is 30.7 Å². The Morgan fingerprint density at radius 3 is 2.64 bits per heavy atom. The summed E-state index contributed by atoms with van der Waals surface area (Å²) in [6.45, 7) is 3.50. The smallest absolute Gasteiger partial charge is 0.0399 e. The van der Waals surface area contributed by atoms with Crippen LogP contribution in [0, 0.1) is 0 Å². The maximum absolute atomic E-state index is 4.04. The molecule has 0 spiro atoms. The summed E-state index contributed by atoms with van der Waals surface area (Å²) in [4.78, 5) is 6.52. The Morgan fingerprint density at radius 1 is 1.29 bits per heavy atom. The van der Waals surface area contributed by atoms with Gasteiger partial charge in [0.25, 0.3) is 0 Å². The molecule has 1 atom stereocenters. The minimum atomic E-state index is 0. The molecule has 1 fully saturated rings. The molecule has 2 heterocycles. The minimum absolute atomic E-state index is 0. The van der Waals surface area contributed by atoms with Crippen molar-refractivity contribution in [2.24, 2.45) is 0 Å². The number of pyridine rings is 1. The Bertz CT molecular complexity index is 263. The Balaban J connectivity index is 0.000000980. The zero-order valence-electron chi connectivity index (χ0n) is 8.52. The highest BCUT2D eigenvalue weighted by molar-refractivity contribution is 5.85. The van der Waals surface area contributed by atoms with E-state index in [1.54, 1.807) is 0 Å². The van der Waals surface area contributed by atoms with Gasteiger partial charge < -0.3 is 4.90 Å². The number of nitrogens with zero attached hydrogens (tertiary/aromatic N) is 2. The van der Waals surface area contributed by atoms with Crippen LogP contribution in [0.2, 0.25) is 0 Å². The lowest BCUT2D eigenvalue weighted by Gasteiger charge is -2.35. The molecular formula is C11H17ClN2. The zero-order valence-corrected chi connectivity index (χ0v) is 9.33. The molecule has 3 heteroatoms. The fourth-order valence-electron chi connectivity index (χ4n) is 2.02. The molecule has 1 unspecified atom stereocenters. The molecule has 78 valence electrons. The molecule has 14 heavy (non-hydrogen) atoms. The second-order valence-corrected chi connectivity index (χ2v) is 3.74. The van der Waals surface area contributed by atoms with Crippen LogP contribution in [0.15, 0.2) is 24.5 Å². The van der Waals surface area contributed by atoms with Crippen LogP contribution in [0.3, 0.4) is 0 Å².